The Hall–Kier alpha value is 0.0274. The molecule has 2 aromatic rings. The maximum absolute atomic E-state index is 4.18. The van der Waals surface area contributed by atoms with Gasteiger partial charge in [0.25, 0.3) is 0 Å². The Bertz CT molecular complexity index is 529. The number of hydrogen-bond donors (Lipinski definition) is 0. The van der Waals surface area contributed by atoms with Crippen molar-refractivity contribution in [1.82, 2.24) is 9.55 Å². The molecule has 4 heteroatoms. The standard InChI is InChI=1S/C9H6N2.6CH3.2Sn/c1-2-4-9(5-3-1)11-7-6-10-8-11;;;;;;;;/h1,4-8H;6*1H3;;. The summed E-state index contributed by atoms with van der Waals surface area (Å²) in [5.41, 5.74) is 1.29. The van der Waals surface area contributed by atoms with Crippen LogP contribution in [0.2, 0.25) is 29.6 Å². The van der Waals surface area contributed by atoms with E-state index < -0.39 is 36.8 Å². The first-order valence-corrected chi connectivity index (χ1v) is 26.8. The number of imidazole rings is 1. The average molecular weight is 470 g/mol. The van der Waals surface area contributed by atoms with Crippen molar-refractivity contribution in [2.24, 2.45) is 0 Å². The van der Waals surface area contributed by atoms with E-state index in [-0.39, 0.29) is 0 Å². The summed E-state index contributed by atoms with van der Waals surface area (Å²) >= 11 is -4.08. The van der Waals surface area contributed by atoms with Crippen molar-refractivity contribution < 1.29 is 0 Å². The average Bonchev–Trinajstić information content (AvgIpc) is 2.79. The van der Waals surface area contributed by atoms with Gasteiger partial charge in [0.1, 0.15) is 0 Å². The zero-order valence-electron chi connectivity index (χ0n) is 12.9. The van der Waals surface area contributed by atoms with Crippen LogP contribution in [0.25, 0.3) is 5.69 Å². The van der Waals surface area contributed by atoms with Crippen LogP contribution in [0.4, 0.5) is 0 Å². The van der Waals surface area contributed by atoms with Gasteiger partial charge in [-0.2, -0.15) is 0 Å². The molecule has 0 radical (unpaired) electrons. The Kier molecular flexibility index (Phi) is 4.41. The van der Waals surface area contributed by atoms with Crippen molar-refractivity contribution in [3.63, 3.8) is 0 Å². The SMILES string of the molecule is [CH3][Sn]([CH3])([CH3])[c]1cc(-n2ccnc2)c[c]([Sn]([CH3])([CH3])[CH3])c1. The van der Waals surface area contributed by atoms with Crippen LogP contribution in [0.15, 0.2) is 36.9 Å². The van der Waals surface area contributed by atoms with Crippen LogP contribution < -0.4 is 7.16 Å². The van der Waals surface area contributed by atoms with Gasteiger partial charge in [-0.3, -0.25) is 0 Å². The van der Waals surface area contributed by atoms with E-state index in [1.807, 2.05) is 18.7 Å². The topological polar surface area (TPSA) is 17.8 Å². The third-order valence-corrected chi connectivity index (χ3v) is 15.0. The Balaban J connectivity index is 2.62. The summed E-state index contributed by atoms with van der Waals surface area (Å²) in [6.07, 6.45) is 5.80. The molecule has 0 saturated heterocycles. The first kappa shape index (κ1) is 15.4. The van der Waals surface area contributed by atoms with Crippen molar-refractivity contribution >= 4 is 43.9 Å². The minimum atomic E-state index is -2.04. The third-order valence-electron chi connectivity index (χ3n) is 3.45. The van der Waals surface area contributed by atoms with Crippen LogP contribution in [-0.2, 0) is 0 Å². The monoisotopic (exact) mass is 472 g/mol. The molecule has 2 nitrogen and oxygen atoms in total. The van der Waals surface area contributed by atoms with Crippen LogP contribution in [-0.4, -0.2) is 46.3 Å². The zero-order valence-corrected chi connectivity index (χ0v) is 18.6. The molecule has 0 saturated carbocycles. The first-order chi connectivity index (χ1) is 8.68. The van der Waals surface area contributed by atoms with E-state index in [2.05, 4.69) is 57.4 Å². The van der Waals surface area contributed by atoms with Crippen molar-refractivity contribution in [3.8, 4) is 5.69 Å². The molecule has 19 heavy (non-hydrogen) atoms. The summed E-state index contributed by atoms with van der Waals surface area (Å²) in [4.78, 5) is 19.1. The second kappa shape index (κ2) is 5.43. The molecule has 102 valence electrons. The van der Waals surface area contributed by atoms with E-state index in [9.17, 15) is 0 Å². The van der Waals surface area contributed by atoms with E-state index in [0.717, 1.165) is 0 Å². The third kappa shape index (κ3) is 3.77. The molecule has 1 heterocycles. The summed E-state index contributed by atoms with van der Waals surface area (Å²) in [6.45, 7) is 0. The van der Waals surface area contributed by atoms with Crippen molar-refractivity contribution in [1.29, 1.82) is 0 Å². The Labute approximate surface area is 125 Å². The fraction of sp³-hybridized carbons (Fsp3) is 0.400. The molecule has 0 aliphatic rings. The van der Waals surface area contributed by atoms with Gasteiger partial charge in [0.2, 0.25) is 0 Å². The molecule has 1 aromatic carbocycles. The van der Waals surface area contributed by atoms with Crippen LogP contribution in [0, 0.1) is 0 Å². The van der Waals surface area contributed by atoms with E-state index in [1.165, 1.54) is 5.69 Å². The van der Waals surface area contributed by atoms with Crippen LogP contribution in [0.5, 0.6) is 0 Å². The summed E-state index contributed by atoms with van der Waals surface area (Å²) < 4.78 is 5.40. The first-order valence-electron chi connectivity index (χ1n) is 6.82. The molecule has 0 amide bonds. The molecule has 0 atom stereocenters. The summed E-state index contributed by atoms with van der Waals surface area (Å²) in [6, 6.07) is 7.30. The predicted molar refractivity (Wildman–Crippen MR) is 89.5 cm³/mol. The van der Waals surface area contributed by atoms with E-state index in [1.54, 1.807) is 7.16 Å². The quantitative estimate of drug-likeness (QED) is 0.632. The van der Waals surface area contributed by atoms with Crippen molar-refractivity contribution in [2.45, 2.75) is 29.6 Å². The molecule has 1 aromatic heterocycles. The van der Waals surface area contributed by atoms with Crippen LogP contribution >= 0.6 is 0 Å². The minimum absolute atomic E-state index is 1.29. The molecular formula is C15H24N2Sn2. The molecule has 0 aliphatic heterocycles. The molecule has 2 rings (SSSR count). The van der Waals surface area contributed by atoms with Gasteiger partial charge in [-0.05, 0) is 0 Å². The fourth-order valence-corrected chi connectivity index (χ4v) is 9.89. The van der Waals surface area contributed by atoms with Gasteiger partial charge < -0.3 is 0 Å². The van der Waals surface area contributed by atoms with Crippen LogP contribution in [0.1, 0.15) is 0 Å². The number of rotatable bonds is 3. The second-order valence-corrected chi connectivity index (χ2v) is 36.2. The summed E-state index contributed by atoms with van der Waals surface area (Å²) in [5.74, 6) is 0. The summed E-state index contributed by atoms with van der Waals surface area (Å²) in [5, 5.41) is 0. The van der Waals surface area contributed by atoms with Gasteiger partial charge in [0, 0.05) is 0 Å². The number of aromatic nitrogens is 2. The van der Waals surface area contributed by atoms with Crippen LogP contribution in [0.3, 0.4) is 0 Å². The van der Waals surface area contributed by atoms with Gasteiger partial charge in [0.15, 0.2) is 0 Å². The van der Waals surface area contributed by atoms with Crippen molar-refractivity contribution in [2.75, 3.05) is 0 Å². The molecule has 0 N–H and O–H groups in total. The maximum atomic E-state index is 4.18. The van der Waals surface area contributed by atoms with E-state index in [4.69, 9.17) is 0 Å². The van der Waals surface area contributed by atoms with Gasteiger partial charge in [0.05, 0.1) is 0 Å². The molecule has 0 unspecified atom stereocenters. The Morgan fingerprint density at radius 3 is 1.74 bits per heavy atom. The molecule has 0 bridgehead atoms. The van der Waals surface area contributed by atoms with E-state index >= 15 is 0 Å². The Morgan fingerprint density at radius 1 is 0.842 bits per heavy atom. The van der Waals surface area contributed by atoms with Crippen molar-refractivity contribution in [3.05, 3.63) is 36.9 Å². The molecule has 0 spiro atoms. The molecule has 0 fully saturated rings. The fourth-order valence-electron chi connectivity index (χ4n) is 2.04. The number of nitrogens with zero attached hydrogens (tertiary/aromatic N) is 2. The number of benzene rings is 1. The molecule has 0 aliphatic carbocycles. The van der Waals surface area contributed by atoms with Gasteiger partial charge in [-0.15, -0.1) is 0 Å². The normalized spacial score (nSPS) is 12.7. The Morgan fingerprint density at radius 2 is 1.37 bits per heavy atom. The zero-order chi connectivity index (χ0) is 14.3. The summed E-state index contributed by atoms with van der Waals surface area (Å²) in [7, 11) is 0. The predicted octanol–water partition coefficient (Wildman–Crippen LogP) is 2.96. The van der Waals surface area contributed by atoms with Gasteiger partial charge >= 0.3 is 126 Å². The second-order valence-electron chi connectivity index (χ2n) is 7.24. The molecular weight excluding hydrogens is 446 g/mol. The van der Waals surface area contributed by atoms with Gasteiger partial charge in [-0.25, -0.2) is 0 Å². The van der Waals surface area contributed by atoms with Gasteiger partial charge in [-0.1, -0.05) is 0 Å². The van der Waals surface area contributed by atoms with E-state index in [0.29, 0.717) is 0 Å². The number of hydrogen-bond acceptors (Lipinski definition) is 1.